The van der Waals surface area contributed by atoms with Crippen molar-refractivity contribution in [3.63, 3.8) is 0 Å². The molecular formula is C8H13. The summed E-state index contributed by atoms with van der Waals surface area (Å²) in [4.78, 5) is 0. The van der Waals surface area contributed by atoms with E-state index in [1.165, 1.54) is 25.7 Å². The minimum absolute atomic E-state index is 1.20. The summed E-state index contributed by atoms with van der Waals surface area (Å²) in [5.41, 5.74) is 1.58. The molecule has 0 atom stereocenters. The zero-order valence-corrected chi connectivity index (χ0v) is 5.48. The smallest absolute Gasteiger partial charge is 0.0140 e. The Morgan fingerprint density at radius 2 is 2.62 bits per heavy atom. The van der Waals surface area contributed by atoms with Crippen molar-refractivity contribution in [2.24, 2.45) is 0 Å². The molecule has 1 radical (unpaired) electrons. The van der Waals surface area contributed by atoms with E-state index >= 15 is 0 Å². The molecule has 0 bridgehead atoms. The van der Waals surface area contributed by atoms with E-state index in [4.69, 9.17) is 0 Å². The van der Waals surface area contributed by atoms with E-state index in [9.17, 15) is 0 Å². The summed E-state index contributed by atoms with van der Waals surface area (Å²) in [6.45, 7) is 2.19. The third-order valence-corrected chi connectivity index (χ3v) is 1.54. The molecule has 0 saturated heterocycles. The Hall–Kier alpha value is -0.260. The molecule has 0 spiro atoms. The van der Waals surface area contributed by atoms with Crippen LogP contribution < -0.4 is 0 Å². The summed E-state index contributed by atoms with van der Waals surface area (Å²) in [6, 6.07) is 0. The molecule has 0 amide bonds. The van der Waals surface area contributed by atoms with Crippen molar-refractivity contribution in [3.8, 4) is 0 Å². The molecule has 0 nitrogen and oxygen atoms in total. The first-order valence-corrected chi connectivity index (χ1v) is 3.45. The predicted octanol–water partition coefficient (Wildman–Crippen LogP) is 2.71. The van der Waals surface area contributed by atoms with Crippen LogP contribution in [0.1, 0.15) is 32.6 Å². The Balaban J connectivity index is 2.23. The van der Waals surface area contributed by atoms with Crippen LogP contribution in [0.25, 0.3) is 0 Å². The third-order valence-electron chi connectivity index (χ3n) is 1.54. The van der Waals surface area contributed by atoms with Crippen molar-refractivity contribution >= 4 is 0 Å². The van der Waals surface area contributed by atoms with Gasteiger partial charge in [-0.25, -0.2) is 0 Å². The third kappa shape index (κ3) is 1.36. The summed E-state index contributed by atoms with van der Waals surface area (Å²) in [5, 5.41) is 0. The molecule has 0 N–H and O–H groups in total. The van der Waals surface area contributed by atoms with Gasteiger partial charge in [-0.2, -0.15) is 0 Å². The molecule has 0 aliphatic heterocycles. The van der Waals surface area contributed by atoms with Gasteiger partial charge in [0.2, 0.25) is 0 Å². The van der Waals surface area contributed by atoms with Crippen molar-refractivity contribution in [1.29, 1.82) is 0 Å². The van der Waals surface area contributed by atoms with Gasteiger partial charge in [0.1, 0.15) is 0 Å². The molecule has 1 aliphatic rings. The highest BCUT2D eigenvalue weighted by Crippen LogP contribution is 2.20. The maximum absolute atomic E-state index is 2.35. The van der Waals surface area contributed by atoms with Gasteiger partial charge in [-0.1, -0.05) is 18.6 Å². The van der Waals surface area contributed by atoms with Gasteiger partial charge < -0.3 is 0 Å². The van der Waals surface area contributed by atoms with Crippen LogP contribution in [0.5, 0.6) is 0 Å². The van der Waals surface area contributed by atoms with Crippen molar-refractivity contribution in [2.75, 3.05) is 0 Å². The molecule has 0 aromatic heterocycles. The van der Waals surface area contributed by atoms with Crippen molar-refractivity contribution in [1.82, 2.24) is 0 Å². The lowest BCUT2D eigenvalue weighted by Gasteiger charge is -1.93. The maximum atomic E-state index is 2.35. The van der Waals surface area contributed by atoms with E-state index in [2.05, 4.69) is 19.4 Å². The highest BCUT2D eigenvalue weighted by atomic mass is 14.1. The van der Waals surface area contributed by atoms with Crippen LogP contribution >= 0.6 is 0 Å². The Bertz CT molecular complexity index is 90.2. The topological polar surface area (TPSA) is 0 Å². The minimum Gasteiger partial charge on any atom is -0.0850 e. The van der Waals surface area contributed by atoms with E-state index in [-0.39, 0.29) is 0 Å². The minimum atomic E-state index is 1.20. The molecule has 8 heavy (non-hydrogen) atoms. The van der Waals surface area contributed by atoms with Crippen LogP contribution in [0.4, 0.5) is 0 Å². The van der Waals surface area contributed by atoms with E-state index < -0.39 is 0 Å². The zero-order valence-electron chi connectivity index (χ0n) is 5.48. The lowest BCUT2D eigenvalue weighted by Crippen LogP contribution is -1.75. The SMILES string of the molecule is CC[CH]C1=CCCC1. The van der Waals surface area contributed by atoms with E-state index in [0.29, 0.717) is 0 Å². The first kappa shape index (κ1) is 5.87. The molecule has 0 aromatic carbocycles. The molecule has 0 heteroatoms. The summed E-state index contributed by atoms with van der Waals surface area (Å²) in [5.74, 6) is 0. The maximum Gasteiger partial charge on any atom is -0.0140 e. The highest BCUT2D eigenvalue weighted by Gasteiger charge is 2.01. The lowest BCUT2D eigenvalue weighted by atomic mass is 10.1. The molecular weight excluding hydrogens is 96.1 g/mol. The fourth-order valence-corrected chi connectivity index (χ4v) is 1.14. The van der Waals surface area contributed by atoms with Gasteiger partial charge in [-0.3, -0.25) is 0 Å². The summed E-state index contributed by atoms with van der Waals surface area (Å²) in [6.07, 6.45) is 9.90. The Kier molecular flexibility index (Phi) is 2.13. The Labute approximate surface area is 51.6 Å². The first-order valence-electron chi connectivity index (χ1n) is 3.45. The van der Waals surface area contributed by atoms with Gasteiger partial charge in [0.15, 0.2) is 0 Å². The fraction of sp³-hybridized carbons (Fsp3) is 0.625. The average molecular weight is 109 g/mol. The summed E-state index contributed by atoms with van der Waals surface area (Å²) < 4.78 is 0. The van der Waals surface area contributed by atoms with Gasteiger partial charge in [0.25, 0.3) is 0 Å². The molecule has 1 aliphatic carbocycles. The van der Waals surface area contributed by atoms with Crippen molar-refractivity contribution in [2.45, 2.75) is 32.6 Å². The van der Waals surface area contributed by atoms with E-state index in [1.54, 1.807) is 5.57 Å². The van der Waals surface area contributed by atoms with Gasteiger partial charge in [0.05, 0.1) is 0 Å². The standard InChI is InChI=1S/C8H13/c1-2-5-8-6-3-4-7-8/h5-6H,2-4,7H2,1H3. The summed E-state index contributed by atoms with van der Waals surface area (Å²) >= 11 is 0. The molecule has 0 heterocycles. The quantitative estimate of drug-likeness (QED) is 0.511. The normalized spacial score (nSPS) is 18.9. The Morgan fingerprint density at radius 1 is 1.75 bits per heavy atom. The van der Waals surface area contributed by atoms with Crippen LogP contribution in [-0.4, -0.2) is 0 Å². The molecule has 0 fully saturated rings. The molecule has 0 aromatic rings. The first-order chi connectivity index (χ1) is 3.93. The van der Waals surface area contributed by atoms with Crippen LogP contribution in [-0.2, 0) is 0 Å². The van der Waals surface area contributed by atoms with Gasteiger partial charge in [-0.05, 0) is 32.1 Å². The van der Waals surface area contributed by atoms with Crippen LogP contribution in [0.2, 0.25) is 0 Å². The molecule has 1 rings (SSSR count). The fourth-order valence-electron chi connectivity index (χ4n) is 1.14. The van der Waals surface area contributed by atoms with Crippen LogP contribution in [0.3, 0.4) is 0 Å². The number of hydrogen-bond donors (Lipinski definition) is 0. The highest BCUT2D eigenvalue weighted by molar-refractivity contribution is 5.16. The number of rotatable bonds is 2. The van der Waals surface area contributed by atoms with Gasteiger partial charge in [-0.15, -0.1) is 0 Å². The van der Waals surface area contributed by atoms with E-state index in [1.807, 2.05) is 0 Å². The van der Waals surface area contributed by atoms with Gasteiger partial charge in [0, 0.05) is 0 Å². The predicted molar refractivity (Wildman–Crippen MR) is 36.5 cm³/mol. The largest absolute Gasteiger partial charge is 0.0850 e. The molecule has 45 valence electrons. The molecule has 0 unspecified atom stereocenters. The average Bonchev–Trinajstić information content (AvgIpc) is 2.19. The number of allylic oxidation sites excluding steroid dienone is 2. The van der Waals surface area contributed by atoms with Crippen molar-refractivity contribution < 1.29 is 0 Å². The number of hydrogen-bond acceptors (Lipinski definition) is 0. The lowest BCUT2D eigenvalue weighted by molar-refractivity contribution is 0.899. The van der Waals surface area contributed by atoms with Crippen molar-refractivity contribution in [3.05, 3.63) is 18.1 Å². The molecule has 0 saturated carbocycles. The van der Waals surface area contributed by atoms with Crippen LogP contribution in [0.15, 0.2) is 11.6 Å². The van der Waals surface area contributed by atoms with Gasteiger partial charge >= 0.3 is 0 Å². The van der Waals surface area contributed by atoms with E-state index in [0.717, 1.165) is 0 Å². The second kappa shape index (κ2) is 2.91. The second-order valence-electron chi connectivity index (χ2n) is 2.28. The zero-order chi connectivity index (χ0) is 5.82. The Morgan fingerprint density at radius 3 is 3.12 bits per heavy atom. The monoisotopic (exact) mass is 109 g/mol. The van der Waals surface area contributed by atoms with Crippen LogP contribution in [0, 0.1) is 6.42 Å². The second-order valence-corrected chi connectivity index (χ2v) is 2.28. The summed E-state index contributed by atoms with van der Waals surface area (Å²) in [7, 11) is 0.